The van der Waals surface area contributed by atoms with E-state index >= 15 is 0 Å². The van der Waals surface area contributed by atoms with Gasteiger partial charge in [-0.1, -0.05) is 39.0 Å². The second kappa shape index (κ2) is 12.1. The molecule has 1 unspecified atom stereocenters. The van der Waals surface area contributed by atoms with Crippen molar-refractivity contribution in [3.63, 3.8) is 0 Å². The van der Waals surface area contributed by atoms with Gasteiger partial charge in [0.25, 0.3) is 0 Å². The van der Waals surface area contributed by atoms with Gasteiger partial charge in [0.05, 0.1) is 28.4 Å². The summed E-state index contributed by atoms with van der Waals surface area (Å²) in [6.45, 7) is 14.5. The number of hydrogen-bond acceptors (Lipinski definition) is 11. The van der Waals surface area contributed by atoms with Crippen LogP contribution in [0.4, 0.5) is 0 Å². The molecular formula is C33H44O11. The van der Waals surface area contributed by atoms with Crippen molar-refractivity contribution < 1.29 is 52.4 Å². The first-order valence-electron chi connectivity index (χ1n) is 15.2. The summed E-state index contributed by atoms with van der Waals surface area (Å²) in [5, 5.41) is 0. The molecule has 1 aromatic carbocycles. The summed E-state index contributed by atoms with van der Waals surface area (Å²) < 4.78 is 37.4. The van der Waals surface area contributed by atoms with Gasteiger partial charge in [-0.05, 0) is 51.7 Å². The van der Waals surface area contributed by atoms with Gasteiger partial charge in [0.2, 0.25) is 0 Å². The number of fused-ring (bicyclic) bond motifs is 1. The molecule has 4 rings (SSSR count). The van der Waals surface area contributed by atoms with E-state index in [-0.39, 0.29) is 12.0 Å². The average molecular weight is 617 g/mol. The Hall–Kier alpha value is -3.47. The van der Waals surface area contributed by atoms with Crippen LogP contribution < -0.4 is 0 Å². The summed E-state index contributed by atoms with van der Waals surface area (Å²) in [4.78, 5) is 65.0. The summed E-state index contributed by atoms with van der Waals surface area (Å²) in [6, 6.07) is 8.30. The highest BCUT2D eigenvalue weighted by Crippen LogP contribution is 2.68. The minimum absolute atomic E-state index is 0.173. The van der Waals surface area contributed by atoms with Gasteiger partial charge in [-0.2, -0.15) is 0 Å². The molecule has 3 fully saturated rings. The maximum Gasteiger partial charge on any atom is 0.338 e. The molecule has 0 radical (unpaired) electrons. The number of benzene rings is 1. The summed E-state index contributed by atoms with van der Waals surface area (Å²) in [5.74, 6) is -4.88. The average Bonchev–Trinajstić information content (AvgIpc) is 3.14. The second-order valence-electron chi connectivity index (χ2n) is 13.1. The number of ether oxygens (including phenoxy) is 6. The normalized spacial score (nSPS) is 35.8. The maximum atomic E-state index is 13.7. The van der Waals surface area contributed by atoms with E-state index in [1.165, 1.54) is 20.8 Å². The zero-order valence-corrected chi connectivity index (χ0v) is 26.9. The highest BCUT2D eigenvalue weighted by Gasteiger charge is 2.83. The SMILES string of the molecule is CCC(C)C(=O)O[C@@H]1[C@H](OC(C)=O)[C@@H]2[C@@H](OC(C)=O)[C@]3(OC2(C)C)[C@H](C)C[C@H](OC(C)=O)[C@H](OC(=O)c2ccccc2)[C@@]13C. The second-order valence-corrected chi connectivity index (χ2v) is 13.1. The van der Waals surface area contributed by atoms with E-state index in [1.54, 1.807) is 58.0 Å². The van der Waals surface area contributed by atoms with Gasteiger partial charge in [-0.25, -0.2) is 4.79 Å². The standard InChI is InChI=1S/C33H44O11/c1-10-17(2)29(37)43-28-25(40-20(5)35)24-27(41-21(6)36)33(44-31(24,7)8)18(3)16-23(39-19(4)34)26(32(28,33)9)42-30(38)22-14-12-11-13-15-22/h11-15,17-18,23-28H,10,16H2,1-9H3/t17?,18-,23+,24-,25-,26+,27-,28-,32+,33-/m1/s1. The Morgan fingerprint density at radius 3 is 1.98 bits per heavy atom. The van der Waals surface area contributed by atoms with Crippen LogP contribution in [0.25, 0.3) is 0 Å². The molecule has 242 valence electrons. The van der Waals surface area contributed by atoms with Crippen LogP contribution in [0.5, 0.6) is 0 Å². The molecule has 0 N–H and O–H groups in total. The zero-order valence-electron chi connectivity index (χ0n) is 26.9. The Balaban J connectivity index is 2.03. The van der Waals surface area contributed by atoms with Gasteiger partial charge in [0.1, 0.15) is 23.9 Å². The monoisotopic (exact) mass is 616 g/mol. The third-order valence-electron chi connectivity index (χ3n) is 9.73. The van der Waals surface area contributed by atoms with E-state index in [0.29, 0.717) is 6.42 Å². The molecule has 0 amide bonds. The van der Waals surface area contributed by atoms with Gasteiger partial charge < -0.3 is 28.4 Å². The number of carbonyl (C=O) groups excluding carboxylic acids is 5. The van der Waals surface area contributed by atoms with Crippen LogP contribution in [0.3, 0.4) is 0 Å². The minimum atomic E-state index is -1.57. The van der Waals surface area contributed by atoms with Gasteiger partial charge >= 0.3 is 29.8 Å². The van der Waals surface area contributed by atoms with Crippen molar-refractivity contribution in [2.45, 2.75) is 117 Å². The zero-order chi connectivity index (χ0) is 32.8. The molecule has 10 atom stereocenters. The van der Waals surface area contributed by atoms with E-state index in [4.69, 9.17) is 28.4 Å². The van der Waals surface area contributed by atoms with E-state index in [0.717, 1.165) is 0 Å². The Morgan fingerprint density at radius 1 is 0.841 bits per heavy atom. The van der Waals surface area contributed by atoms with Gasteiger partial charge in [0, 0.05) is 20.8 Å². The van der Waals surface area contributed by atoms with Crippen molar-refractivity contribution in [2.24, 2.45) is 23.2 Å². The fourth-order valence-electron chi connectivity index (χ4n) is 7.80. The molecule has 1 saturated heterocycles. The van der Waals surface area contributed by atoms with Crippen molar-refractivity contribution in [1.29, 1.82) is 0 Å². The minimum Gasteiger partial charge on any atom is -0.459 e. The van der Waals surface area contributed by atoms with Crippen LogP contribution in [-0.2, 0) is 47.6 Å². The molecule has 0 aromatic heterocycles. The van der Waals surface area contributed by atoms with Crippen molar-refractivity contribution in [3.8, 4) is 0 Å². The lowest BCUT2D eigenvalue weighted by atomic mass is 9.47. The fourth-order valence-corrected chi connectivity index (χ4v) is 7.80. The molecule has 1 aliphatic heterocycles. The largest absolute Gasteiger partial charge is 0.459 e. The summed E-state index contributed by atoms with van der Waals surface area (Å²) in [7, 11) is 0. The maximum absolute atomic E-state index is 13.7. The Labute approximate surface area is 258 Å². The number of carbonyl (C=O) groups is 5. The van der Waals surface area contributed by atoms with Crippen LogP contribution in [0.15, 0.2) is 30.3 Å². The highest BCUT2D eigenvalue weighted by atomic mass is 16.6. The smallest absolute Gasteiger partial charge is 0.338 e. The lowest BCUT2D eigenvalue weighted by molar-refractivity contribution is -0.316. The highest BCUT2D eigenvalue weighted by molar-refractivity contribution is 5.89. The predicted molar refractivity (Wildman–Crippen MR) is 155 cm³/mol. The molecule has 44 heavy (non-hydrogen) atoms. The van der Waals surface area contributed by atoms with Crippen molar-refractivity contribution in [3.05, 3.63) is 35.9 Å². The van der Waals surface area contributed by atoms with Crippen LogP contribution in [0.1, 0.15) is 85.5 Å². The fraction of sp³-hybridized carbons (Fsp3) is 0.667. The molecule has 11 heteroatoms. The van der Waals surface area contributed by atoms with E-state index < -0.39 is 94.7 Å². The first-order chi connectivity index (χ1) is 20.5. The van der Waals surface area contributed by atoms with Gasteiger partial charge in [-0.3, -0.25) is 19.2 Å². The molecular weight excluding hydrogens is 572 g/mol. The van der Waals surface area contributed by atoms with Gasteiger partial charge in [0.15, 0.2) is 12.2 Å². The van der Waals surface area contributed by atoms with Crippen LogP contribution >= 0.6 is 0 Å². The van der Waals surface area contributed by atoms with Crippen LogP contribution in [-0.4, -0.2) is 71.6 Å². The molecule has 1 spiro atoms. The summed E-state index contributed by atoms with van der Waals surface area (Å²) in [6.07, 6.45) is -5.07. The first-order valence-corrected chi connectivity index (χ1v) is 15.2. The Bertz CT molecular complexity index is 1290. The Kier molecular flexibility index (Phi) is 9.22. The van der Waals surface area contributed by atoms with Crippen LogP contribution in [0.2, 0.25) is 0 Å². The molecule has 2 saturated carbocycles. The lowest BCUT2D eigenvalue weighted by Gasteiger charge is -2.63. The third-order valence-corrected chi connectivity index (χ3v) is 9.73. The lowest BCUT2D eigenvalue weighted by Crippen LogP contribution is -2.79. The molecule has 1 heterocycles. The molecule has 11 nitrogen and oxygen atoms in total. The third kappa shape index (κ3) is 5.48. The molecule has 3 aliphatic rings. The van der Waals surface area contributed by atoms with E-state index in [2.05, 4.69) is 0 Å². The molecule has 1 aromatic rings. The first kappa shape index (κ1) is 33.4. The van der Waals surface area contributed by atoms with Gasteiger partial charge in [-0.15, -0.1) is 0 Å². The Morgan fingerprint density at radius 2 is 1.43 bits per heavy atom. The molecule has 2 aliphatic carbocycles. The topological polar surface area (TPSA) is 141 Å². The number of rotatable bonds is 8. The van der Waals surface area contributed by atoms with E-state index in [9.17, 15) is 24.0 Å². The molecule has 2 bridgehead atoms. The van der Waals surface area contributed by atoms with Crippen molar-refractivity contribution >= 4 is 29.8 Å². The predicted octanol–water partition coefficient (Wildman–Crippen LogP) is 4.19. The van der Waals surface area contributed by atoms with Crippen molar-refractivity contribution in [1.82, 2.24) is 0 Å². The van der Waals surface area contributed by atoms with Crippen LogP contribution in [0, 0.1) is 23.2 Å². The summed E-state index contributed by atoms with van der Waals surface area (Å²) >= 11 is 0. The van der Waals surface area contributed by atoms with Crippen molar-refractivity contribution in [2.75, 3.05) is 0 Å². The quantitative estimate of drug-likeness (QED) is 0.307. The number of hydrogen-bond donors (Lipinski definition) is 0. The van der Waals surface area contributed by atoms with E-state index in [1.807, 2.05) is 13.8 Å². The number of esters is 5. The summed E-state index contributed by atoms with van der Waals surface area (Å²) in [5.41, 5.74) is -3.83.